The van der Waals surface area contributed by atoms with Crippen molar-refractivity contribution < 1.29 is 4.74 Å². The Hall–Kier alpha value is -1.12. The number of ether oxygens (including phenoxy) is 1. The highest BCUT2D eigenvalue weighted by molar-refractivity contribution is 5.99. The van der Waals surface area contributed by atoms with Crippen molar-refractivity contribution in [2.24, 2.45) is 4.99 Å². The van der Waals surface area contributed by atoms with Gasteiger partial charge < -0.3 is 4.74 Å². The lowest BCUT2D eigenvalue weighted by molar-refractivity contribution is 0.268. The lowest BCUT2D eigenvalue weighted by atomic mass is 10.2. The Morgan fingerprint density at radius 2 is 2.45 bits per heavy atom. The molecule has 0 aromatic rings. The molecule has 11 heavy (non-hydrogen) atoms. The second-order valence-electron chi connectivity index (χ2n) is 2.43. The van der Waals surface area contributed by atoms with E-state index in [0.29, 0.717) is 11.7 Å². The van der Waals surface area contributed by atoms with Gasteiger partial charge in [-0.3, -0.25) is 5.41 Å². The number of hydrogen-bond donors (Lipinski definition) is 1. The van der Waals surface area contributed by atoms with Crippen LogP contribution in [0.25, 0.3) is 0 Å². The maximum Gasteiger partial charge on any atom is 0.187 e. The highest BCUT2D eigenvalue weighted by atomic mass is 16.5. The average molecular weight is 152 g/mol. The molecular formula is C8H12N2O. The summed E-state index contributed by atoms with van der Waals surface area (Å²) in [5, 5.41) is 7.37. The fourth-order valence-corrected chi connectivity index (χ4v) is 0.949. The summed E-state index contributed by atoms with van der Waals surface area (Å²) >= 11 is 0. The first kappa shape index (κ1) is 7.98. The number of nitrogens with one attached hydrogen (secondary N) is 1. The van der Waals surface area contributed by atoms with Gasteiger partial charge in [-0.05, 0) is 6.92 Å². The normalized spacial score (nSPS) is 24.0. The third kappa shape index (κ3) is 1.90. The van der Waals surface area contributed by atoms with Crippen molar-refractivity contribution in [3.8, 4) is 0 Å². The lowest BCUT2D eigenvalue weighted by Crippen LogP contribution is -2.15. The minimum atomic E-state index is -0.147. The van der Waals surface area contributed by atoms with Gasteiger partial charge in [-0.25, -0.2) is 0 Å². The van der Waals surface area contributed by atoms with Crippen molar-refractivity contribution in [3.05, 3.63) is 12.2 Å². The second-order valence-corrected chi connectivity index (χ2v) is 2.43. The van der Waals surface area contributed by atoms with Crippen LogP contribution in [-0.4, -0.2) is 17.8 Å². The first-order chi connectivity index (χ1) is 5.24. The molecule has 0 aromatic carbocycles. The van der Waals surface area contributed by atoms with Crippen molar-refractivity contribution >= 4 is 11.7 Å². The third-order valence-corrected chi connectivity index (χ3v) is 1.48. The van der Waals surface area contributed by atoms with E-state index in [4.69, 9.17) is 10.1 Å². The van der Waals surface area contributed by atoms with Crippen LogP contribution < -0.4 is 0 Å². The summed E-state index contributed by atoms with van der Waals surface area (Å²) < 4.78 is 5.25. The van der Waals surface area contributed by atoms with Crippen LogP contribution in [0.5, 0.6) is 0 Å². The molecule has 1 aliphatic heterocycles. The van der Waals surface area contributed by atoms with Crippen LogP contribution in [0.1, 0.15) is 20.3 Å². The van der Waals surface area contributed by atoms with Gasteiger partial charge >= 0.3 is 0 Å². The van der Waals surface area contributed by atoms with Crippen LogP contribution in [0.4, 0.5) is 0 Å². The molecule has 0 radical (unpaired) electrons. The number of aliphatic imine (C=N–C) groups is 1. The van der Waals surface area contributed by atoms with E-state index >= 15 is 0 Å². The molecule has 1 unspecified atom stereocenters. The summed E-state index contributed by atoms with van der Waals surface area (Å²) in [4.78, 5) is 3.87. The van der Waals surface area contributed by atoms with Gasteiger partial charge in [0, 0.05) is 13.3 Å². The summed E-state index contributed by atoms with van der Waals surface area (Å²) in [6.45, 7) is 3.72. The molecule has 0 saturated heterocycles. The van der Waals surface area contributed by atoms with Crippen LogP contribution in [0.3, 0.4) is 0 Å². The molecule has 0 fully saturated rings. The maximum absolute atomic E-state index is 7.37. The summed E-state index contributed by atoms with van der Waals surface area (Å²) in [5.41, 5.74) is 0. The van der Waals surface area contributed by atoms with E-state index in [9.17, 15) is 0 Å². The largest absolute Gasteiger partial charge is 0.469 e. The van der Waals surface area contributed by atoms with Crippen LogP contribution in [0, 0.1) is 5.41 Å². The van der Waals surface area contributed by atoms with Crippen LogP contribution in [0.2, 0.25) is 0 Å². The van der Waals surface area contributed by atoms with Gasteiger partial charge in [-0.15, -0.1) is 0 Å². The summed E-state index contributed by atoms with van der Waals surface area (Å²) in [7, 11) is 0. The zero-order chi connectivity index (χ0) is 8.27. The van der Waals surface area contributed by atoms with Crippen molar-refractivity contribution in [3.63, 3.8) is 0 Å². The number of rotatable bonds is 2. The molecule has 1 rings (SSSR count). The lowest BCUT2D eigenvalue weighted by Gasteiger charge is -2.05. The Morgan fingerprint density at radius 3 is 2.91 bits per heavy atom. The molecule has 1 aliphatic rings. The quantitative estimate of drug-likeness (QED) is 0.602. The number of amidine groups is 1. The maximum atomic E-state index is 7.37. The van der Waals surface area contributed by atoms with Gasteiger partial charge in [0.2, 0.25) is 0 Å². The van der Waals surface area contributed by atoms with Gasteiger partial charge in [-0.2, -0.15) is 4.99 Å². The van der Waals surface area contributed by atoms with Crippen molar-refractivity contribution in [2.45, 2.75) is 26.4 Å². The third-order valence-electron chi connectivity index (χ3n) is 1.48. The Balaban J connectivity index is 2.46. The number of hydrogen-bond acceptors (Lipinski definition) is 2. The molecule has 0 bridgehead atoms. The summed E-state index contributed by atoms with van der Waals surface area (Å²) in [5.74, 6) is 0.935. The SMILES string of the molecule is C/C=C\CC1OC(C)=NC1=N. The van der Waals surface area contributed by atoms with Crippen molar-refractivity contribution in [1.82, 2.24) is 0 Å². The molecule has 1 N–H and O–H groups in total. The van der Waals surface area contributed by atoms with E-state index < -0.39 is 0 Å². The topological polar surface area (TPSA) is 45.4 Å². The molecule has 60 valence electrons. The van der Waals surface area contributed by atoms with Crippen LogP contribution in [0.15, 0.2) is 17.1 Å². The average Bonchev–Trinajstić information content (AvgIpc) is 2.26. The predicted molar refractivity (Wildman–Crippen MR) is 45.1 cm³/mol. The van der Waals surface area contributed by atoms with Crippen molar-refractivity contribution in [1.29, 1.82) is 5.41 Å². The van der Waals surface area contributed by atoms with E-state index in [2.05, 4.69) is 4.99 Å². The zero-order valence-corrected chi connectivity index (χ0v) is 6.79. The van der Waals surface area contributed by atoms with E-state index in [1.54, 1.807) is 6.92 Å². The summed E-state index contributed by atoms with van der Waals surface area (Å²) in [6, 6.07) is 0. The van der Waals surface area contributed by atoms with Gasteiger partial charge in [0.25, 0.3) is 0 Å². The first-order valence-electron chi connectivity index (χ1n) is 3.65. The van der Waals surface area contributed by atoms with Gasteiger partial charge in [0.05, 0.1) is 0 Å². The molecule has 3 nitrogen and oxygen atoms in total. The minimum absolute atomic E-state index is 0.147. The molecule has 0 saturated carbocycles. The Bertz CT molecular complexity index is 218. The summed E-state index contributed by atoms with van der Waals surface area (Å²) in [6.07, 6.45) is 4.53. The molecule has 0 spiro atoms. The molecule has 0 aliphatic carbocycles. The molecule has 0 aromatic heterocycles. The second kappa shape index (κ2) is 3.32. The number of nitrogens with zero attached hydrogens (tertiary/aromatic N) is 1. The molecule has 0 amide bonds. The molecule has 1 atom stereocenters. The Morgan fingerprint density at radius 1 is 1.73 bits per heavy atom. The smallest absolute Gasteiger partial charge is 0.187 e. The fraction of sp³-hybridized carbons (Fsp3) is 0.500. The predicted octanol–water partition coefficient (Wildman–Crippen LogP) is 1.75. The van der Waals surface area contributed by atoms with Gasteiger partial charge in [-0.1, -0.05) is 12.2 Å². The zero-order valence-electron chi connectivity index (χ0n) is 6.79. The Labute approximate surface area is 66.3 Å². The van der Waals surface area contributed by atoms with Gasteiger partial charge in [0.1, 0.15) is 0 Å². The highest BCUT2D eigenvalue weighted by Crippen LogP contribution is 2.10. The van der Waals surface area contributed by atoms with Crippen LogP contribution >= 0.6 is 0 Å². The van der Waals surface area contributed by atoms with E-state index in [1.165, 1.54) is 0 Å². The first-order valence-corrected chi connectivity index (χ1v) is 3.65. The van der Waals surface area contributed by atoms with E-state index in [0.717, 1.165) is 6.42 Å². The van der Waals surface area contributed by atoms with E-state index in [-0.39, 0.29) is 6.10 Å². The monoisotopic (exact) mass is 152 g/mol. The minimum Gasteiger partial charge on any atom is -0.469 e. The molecule has 1 heterocycles. The Kier molecular flexibility index (Phi) is 2.41. The number of allylic oxidation sites excluding steroid dienone is 1. The molecular weight excluding hydrogens is 140 g/mol. The van der Waals surface area contributed by atoms with Crippen LogP contribution in [-0.2, 0) is 4.74 Å². The van der Waals surface area contributed by atoms with Gasteiger partial charge in [0.15, 0.2) is 17.8 Å². The van der Waals surface area contributed by atoms with Crippen molar-refractivity contribution in [2.75, 3.05) is 0 Å². The fourth-order valence-electron chi connectivity index (χ4n) is 0.949. The van der Waals surface area contributed by atoms with E-state index in [1.807, 2.05) is 19.1 Å². The highest BCUT2D eigenvalue weighted by Gasteiger charge is 2.21. The standard InChI is InChI=1S/C8H12N2O/c1-3-4-5-7-8(9)10-6(2)11-7/h3-4,7,9H,5H2,1-2H3/b4-3-,9-8?. The molecule has 3 heteroatoms.